The lowest BCUT2D eigenvalue weighted by molar-refractivity contribution is 0.820. The average molecular weight is 257 g/mol. The minimum Gasteiger partial charge on any atom is -0.375 e. The van der Waals surface area contributed by atoms with Crippen molar-refractivity contribution in [2.24, 2.45) is 0 Å². The molecule has 2 rings (SSSR count). The molecule has 92 valence electrons. The largest absolute Gasteiger partial charge is 0.375 e. The molecule has 0 saturated carbocycles. The van der Waals surface area contributed by atoms with Crippen molar-refractivity contribution in [2.75, 3.05) is 5.73 Å². The molecule has 1 aromatic heterocycles. The molecule has 0 spiro atoms. The zero-order valence-electron chi connectivity index (χ0n) is 10.5. The third kappa shape index (κ3) is 2.69. The molecule has 0 radical (unpaired) electrons. The lowest BCUT2D eigenvalue weighted by atomic mass is 10.0. The molecule has 1 heterocycles. The summed E-state index contributed by atoms with van der Waals surface area (Å²) < 4.78 is 0. The predicted octanol–water partition coefficient (Wildman–Crippen LogP) is 3.31. The van der Waals surface area contributed by atoms with Crippen LogP contribution in [0.3, 0.4) is 0 Å². The van der Waals surface area contributed by atoms with Gasteiger partial charge in [-0.2, -0.15) is 5.26 Å². The second-order valence-electron chi connectivity index (χ2n) is 4.50. The first kappa shape index (κ1) is 12.6. The molecule has 0 unspecified atom stereocenters. The van der Waals surface area contributed by atoms with Gasteiger partial charge >= 0.3 is 0 Å². The van der Waals surface area contributed by atoms with Crippen molar-refractivity contribution in [1.29, 1.82) is 5.26 Å². The van der Waals surface area contributed by atoms with Crippen molar-refractivity contribution in [3.8, 4) is 6.07 Å². The number of nitrogens with two attached hydrogens (primary N) is 1. The summed E-state index contributed by atoms with van der Waals surface area (Å²) >= 11 is 1.55. The van der Waals surface area contributed by atoms with Gasteiger partial charge < -0.3 is 5.73 Å². The lowest BCUT2D eigenvalue weighted by Crippen LogP contribution is -1.95. The standard InChI is InChI=1S/C14H15N3S/c1-9(2)13-12(18-14(16)17-13)7-10-3-5-11(8-15)6-4-10/h3-6,9H,7H2,1-2H3,(H2,16,17). The fourth-order valence-corrected chi connectivity index (χ4v) is 2.86. The fraction of sp³-hybridized carbons (Fsp3) is 0.286. The van der Waals surface area contributed by atoms with Gasteiger partial charge in [0.05, 0.1) is 17.3 Å². The van der Waals surface area contributed by atoms with Gasteiger partial charge in [0.1, 0.15) is 0 Å². The second kappa shape index (κ2) is 5.19. The van der Waals surface area contributed by atoms with Crippen LogP contribution in [0, 0.1) is 11.3 Å². The Labute approximate surface area is 111 Å². The summed E-state index contributed by atoms with van der Waals surface area (Å²) in [7, 11) is 0. The first-order valence-corrected chi connectivity index (χ1v) is 6.66. The quantitative estimate of drug-likeness (QED) is 0.917. The van der Waals surface area contributed by atoms with Gasteiger partial charge in [-0.15, -0.1) is 11.3 Å². The molecule has 3 nitrogen and oxygen atoms in total. The van der Waals surface area contributed by atoms with Crippen molar-refractivity contribution in [2.45, 2.75) is 26.2 Å². The summed E-state index contributed by atoms with van der Waals surface area (Å²) in [6, 6.07) is 9.78. The van der Waals surface area contributed by atoms with Gasteiger partial charge in [0.2, 0.25) is 0 Å². The monoisotopic (exact) mass is 257 g/mol. The molecular weight excluding hydrogens is 242 g/mol. The zero-order chi connectivity index (χ0) is 13.1. The van der Waals surface area contributed by atoms with Crippen LogP contribution < -0.4 is 5.73 Å². The highest BCUT2D eigenvalue weighted by atomic mass is 32.1. The Kier molecular flexibility index (Phi) is 3.63. The Bertz CT molecular complexity index is 576. The van der Waals surface area contributed by atoms with E-state index in [9.17, 15) is 0 Å². The summed E-state index contributed by atoms with van der Waals surface area (Å²) in [5.41, 5.74) is 8.73. The van der Waals surface area contributed by atoms with E-state index in [-0.39, 0.29) is 0 Å². The van der Waals surface area contributed by atoms with Crippen LogP contribution in [0.4, 0.5) is 5.13 Å². The van der Waals surface area contributed by atoms with Crippen LogP contribution in [0.1, 0.15) is 41.5 Å². The number of aromatic nitrogens is 1. The fourth-order valence-electron chi connectivity index (χ4n) is 1.84. The molecule has 0 aliphatic rings. The highest BCUT2D eigenvalue weighted by Crippen LogP contribution is 2.28. The Morgan fingerprint density at radius 3 is 2.56 bits per heavy atom. The first-order valence-electron chi connectivity index (χ1n) is 5.84. The van der Waals surface area contributed by atoms with Crippen molar-refractivity contribution in [1.82, 2.24) is 4.98 Å². The summed E-state index contributed by atoms with van der Waals surface area (Å²) in [6.45, 7) is 4.24. The van der Waals surface area contributed by atoms with E-state index in [2.05, 4.69) is 24.9 Å². The number of thiazole rings is 1. The predicted molar refractivity (Wildman–Crippen MR) is 74.6 cm³/mol. The number of anilines is 1. The molecule has 0 aliphatic carbocycles. The number of rotatable bonds is 3. The third-order valence-electron chi connectivity index (χ3n) is 2.74. The van der Waals surface area contributed by atoms with E-state index in [0.29, 0.717) is 16.6 Å². The molecule has 0 atom stereocenters. The molecule has 0 amide bonds. The Hall–Kier alpha value is -1.86. The van der Waals surface area contributed by atoms with E-state index >= 15 is 0 Å². The zero-order valence-corrected chi connectivity index (χ0v) is 11.3. The van der Waals surface area contributed by atoms with Crippen molar-refractivity contribution < 1.29 is 0 Å². The normalized spacial score (nSPS) is 10.6. The van der Waals surface area contributed by atoms with Gasteiger partial charge in [-0.3, -0.25) is 0 Å². The molecule has 2 N–H and O–H groups in total. The Morgan fingerprint density at radius 2 is 2.00 bits per heavy atom. The van der Waals surface area contributed by atoms with E-state index in [1.54, 1.807) is 11.3 Å². The molecule has 0 aliphatic heterocycles. The molecule has 18 heavy (non-hydrogen) atoms. The summed E-state index contributed by atoms with van der Waals surface area (Å²) in [5.74, 6) is 0.381. The number of hydrogen-bond acceptors (Lipinski definition) is 4. The molecule has 0 fully saturated rings. The number of benzene rings is 1. The topological polar surface area (TPSA) is 62.7 Å². The van der Waals surface area contributed by atoms with Crippen LogP contribution in [-0.2, 0) is 6.42 Å². The van der Waals surface area contributed by atoms with Gasteiger partial charge in [0.25, 0.3) is 0 Å². The smallest absolute Gasteiger partial charge is 0.180 e. The van der Waals surface area contributed by atoms with Gasteiger partial charge in [0.15, 0.2) is 5.13 Å². The van der Waals surface area contributed by atoms with E-state index in [1.165, 1.54) is 10.4 Å². The highest BCUT2D eigenvalue weighted by Gasteiger charge is 2.13. The lowest BCUT2D eigenvalue weighted by Gasteiger charge is -2.05. The number of hydrogen-bond donors (Lipinski definition) is 1. The molecular formula is C14H15N3S. The maximum absolute atomic E-state index is 8.76. The minimum atomic E-state index is 0.381. The van der Waals surface area contributed by atoms with Crippen LogP contribution in [0.2, 0.25) is 0 Å². The van der Waals surface area contributed by atoms with Gasteiger partial charge in [-0.05, 0) is 23.6 Å². The van der Waals surface area contributed by atoms with Gasteiger partial charge in [-0.25, -0.2) is 4.98 Å². The average Bonchev–Trinajstić information content (AvgIpc) is 2.71. The van der Waals surface area contributed by atoms with Crippen LogP contribution in [0.25, 0.3) is 0 Å². The van der Waals surface area contributed by atoms with Crippen molar-refractivity contribution in [3.63, 3.8) is 0 Å². The number of nitriles is 1. The van der Waals surface area contributed by atoms with E-state index in [0.717, 1.165) is 12.1 Å². The first-order chi connectivity index (χ1) is 8.60. The second-order valence-corrected chi connectivity index (χ2v) is 5.62. The molecule has 0 bridgehead atoms. The van der Waals surface area contributed by atoms with E-state index < -0.39 is 0 Å². The Morgan fingerprint density at radius 1 is 1.33 bits per heavy atom. The van der Waals surface area contributed by atoms with Gasteiger partial charge in [-0.1, -0.05) is 26.0 Å². The van der Waals surface area contributed by atoms with Gasteiger partial charge in [0, 0.05) is 11.3 Å². The van der Waals surface area contributed by atoms with E-state index in [1.807, 2.05) is 24.3 Å². The molecule has 4 heteroatoms. The van der Waals surface area contributed by atoms with Crippen molar-refractivity contribution >= 4 is 16.5 Å². The summed E-state index contributed by atoms with van der Waals surface area (Å²) in [6.07, 6.45) is 0.827. The summed E-state index contributed by atoms with van der Waals surface area (Å²) in [4.78, 5) is 5.60. The number of nitrogen functional groups attached to an aromatic ring is 1. The maximum Gasteiger partial charge on any atom is 0.180 e. The maximum atomic E-state index is 8.76. The highest BCUT2D eigenvalue weighted by molar-refractivity contribution is 7.15. The van der Waals surface area contributed by atoms with Crippen LogP contribution in [-0.4, -0.2) is 4.98 Å². The number of nitrogens with zero attached hydrogens (tertiary/aromatic N) is 2. The Balaban J connectivity index is 2.25. The summed E-state index contributed by atoms with van der Waals surface area (Å²) in [5, 5.41) is 9.39. The van der Waals surface area contributed by atoms with Crippen molar-refractivity contribution in [3.05, 3.63) is 46.0 Å². The van der Waals surface area contributed by atoms with Crippen LogP contribution in [0.5, 0.6) is 0 Å². The minimum absolute atomic E-state index is 0.381. The molecule has 1 aromatic carbocycles. The third-order valence-corrected chi connectivity index (χ3v) is 3.64. The van der Waals surface area contributed by atoms with E-state index in [4.69, 9.17) is 11.0 Å². The SMILES string of the molecule is CC(C)c1nc(N)sc1Cc1ccc(C#N)cc1. The molecule has 2 aromatic rings. The van der Waals surface area contributed by atoms with Crippen LogP contribution in [0.15, 0.2) is 24.3 Å². The molecule has 0 saturated heterocycles. The van der Waals surface area contributed by atoms with Crippen LogP contribution >= 0.6 is 11.3 Å².